The molecule has 0 spiro atoms. The van der Waals surface area contributed by atoms with Crippen LogP contribution in [0, 0.1) is 0 Å². The van der Waals surface area contributed by atoms with Gasteiger partial charge in [0.05, 0.1) is 12.4 Å². The molecule has 1 aromatic heterocycles. The van der Waals surface area contributed by atoms with Crippen molar-refractivity contribution in [2.24, 2.45) is 0 Å². The average Bonchev–Trinajstić information content (AvgIpc) is 3.01. The van der Waals surface area contributed by atoms with Gasteiger partial charge in [-0.2, -0.15) is 0 Å². The third-order valence-corrected chi connectivity index (χ3v) is 4.98. The number of aryl methyl sites for hydroxylation is 1. The van der Waals surface area contributed by atoms with Crippen LogP contribution in [0.2, 0.25) is 0 Å². The van der Waals surface area contributed by atoms with Crippen LogP contribution in [-0.2, 0) is 16.1 Å². The number of nitrogens with zero attached hydrogens (tertiary/aromatic N) is 4. The highest BCUT2D eigenvalue weighted by Gasteiger charge is 2.24. The third kappa shape index (κ3) is 5.31. The highest BCUT2D eigenvalue weighted by Crippen LogP contribution is 2.14. The molecule has 0 unspecified atom stereocenters. The Morgan fingerprint density at radius 1 is 1.17 bits per heavy atom. The number of carbonyl (C=O) groups excluding carboxylic acids is 1. The molecular weight excluding hydrogens is 304 g/mol. The van der Waals surface area contributed by atoms with Gasteiger partial charge in [-0.25, -0.2) is 4.98 Å². The fraction of sp³-hybridized carbons (Fsp3) is 0.778. The summed E-state index contributed by atoms with van der Waals surface area (Å²) in [5.41, 5.74) is 0. The lowest BCUT2D eigenvalue weighted by Crippen LogP contribution is -2.43. The summed E-state index contributed by atoms with van der Waals surface area (Å²) in [6.45, 7) is 6.54. The number of aromatic nitrogens is 2. The standard InChI is InChI=1S/C18H30N4O2/c23-18(6-4-10-21-12-7-19-16-21)22-11-5-13-24-17(15-22)14-20-8-2-1-3-9-20/h7,12,16-17H,1-6,8-11,13-15H2/t17-/m1/s1. The molecule has 2 fully saturated rings. The first kappa shape index (κ1) is 17.4. The zero-order valence-corrected chi connectivity index (χ0v) is 14.6. The van der Waals surface area contributed by atoms with Crippen molar-refractivity contribution >= 4 is 5.91 Å². The van der Waals surface area contributed by atoms with Crippen LogP contribution in [0.25, 0.3) is 0 Å². The fourth-order valence-electron chi connectivity index (χ4n) is 3.65. The molecule has 0 N–H and O–H groups in total. The summed E-state index contributed by atoms with van der Waals surface area (Å²) in [5.74, 6) is 0.268. The molecule has 1 atom stereocenters. The van der Waals surface area contributed by atoms with Crippen molar-refractivity contribution in [3.8, 4) is 0 Å². The largest absolute Gasteiger partial charge is 0.375 e. The van der Waals surface area contributed by atoms with Crippen LogP contribution in [0.15, 0.2) is 18.7 Å². The zero-order valence-electron chi connectivity index (χ0n) is 14.6. The first-order valence-electron chi connectivity index (χ1n) is 9.39. The Morgan fingerprint density at radius 3 is 2.83 bits per heavy atom. The monoisotopic (exact) mass is 334 g/mol. The Balaban J connectivity index is 1.43. The first-order chi connectivity index (χ1) is 11.8. The molecule has 3 rings (SSSR count). The quantitative estimate of drug-likeness (QED) is 0.795. The van der Waals surface area contributed by atoms with Crippen molar-refractivity contribution in [1.82, 2.24) is 19.4 Å². The minimum atomic E-state index is 0.170. The zero-order chi connectivity index (χ0) is 16.6. The molecule has 24 heavy (non-hydrogen) atoms. The van der Waals surface area contributed by atoms with Crippen molar-refractivity contribution in [1.29, 1.82) is 0 Å². The highest BCUT2D eigenvalue weighted by molar-refractivity contribution is 5.76. The maximum absolute atomic E-state index is 12.5. The summed E-state index contributed by atoms with van der Waals surface area (Å²) in [5, 5.41) is 0. The van der Waals surface area contributed by atoms with Crippen LogP contribution >= 0.6 is 0 Å². The lowest BCUT2D eigenvalue weighted by molar-refractivity contribution is -0.132. The predicted molar refractivity (Wildman–Crippen MR) is 92.7 cm³/mol. The number of piperidine rings is 1. The molecule has 1 aromatic rings. The molecule has 2 saturated heterocycles. The predicted octanol–water partition coefficient (Wildman–Crippen LogP) is 1.77. The molecule has 0 bridgehead atoms. The van der Waals surface area contributed by atoms with Gasteiger partial charge < -0.3 is 19.1 Å². The Labute approximate surface area is 144 Å². The summed E-state index contributed by atoms with van der Waals surface area (Å²) in [6, 6.07) is 0. The molecule has 0 radical (unpaired) electrons. The van der Waals surface area contributed by atoms with Crippen LogP contribution in [0.5, 0.6) is 0 Å². The van der Waals surface area contributed by atoms with Gasteiger partial charge in [-0.05, 0) is 38.8 Å². The second kappa shape index (κ2) is 9.18. The van der Waals surface area contributed by atoms with E-state index in [0.717, 1.165) is 45.6 Å². The lowest BCUT2D eigenvalue weighted by Gasteiger charge is -2.31. The fourth-order valence-corrected chi connectivity index (χ4v) is 3.65. The van der Waals surface area contributed by atoms with Gasteiger partial charge in [-0.3, -0.25) is 4.79 Å². The van der Waals surface area contributed by atoms with Crippen molar-refractivity contribution in [2.45, 2.75) is 51.2 Å². The van der Waals surface area contributed by atoms with Crippen LogP contribution in [-0.4, -0.2) is 70.7 Å². The van der Waals surface area contributed by atoms with E-state index < -0.39 is 0 Å². The summed E-state index contributed by atoms with van der Waals surface area (Å²) in [4.78, 5) is 21.1. The number of imidazole rings is 1. The summed E-state index contributed by atoms with van der Waals surface area (Å²) >= 11 is 0. The van der Waals surface area contributed by atoms with E-state index in [1.54, 1.807) is 12.5 Å². The van der Waals surface area contributed by atoms with E-state index >= 15 is 0 Å². The molecule has 6 nitrogen and oxygen atoms in total. The van der Waals surface area contributed by atoms with Crippen molar-refractivity contribution < 1.29 is 9.53 Å². The van der Waals surface area contributed by atoms with Gasteiger partial charge in [0.15, 0.2) is 0 Å². The normalized spacial score (nSPS) is 23.2. The highest BCUT2D eigenvalue weighted by atomic mass is 16.5. The van der Waals surface area contributed by atoms with E-state index in [9.17, 15) is 4.79 Å². The summed E-state index contributed by atoms with van der Waals surface area (Å²) in [7, 11) is 0. The lowest BCUT2D eigenvalue weighted by atomic mass is 10.1. The molecule has 2 aliphatic heterocycles. The number of carbonyl (C=O) groups is 1. The van der Waals surface area contributed by atoms with Crippen molar-refractivity contribution in [3.63, 3.8) is 0 Å². The van der Waals surface area contributed by atoms with Gasteiger partial charge in [0.25, 0.3) is 0 Å². The molecule has 134 valence electrons. The number of hydrogen-bond acceptors (Lipinski definition) is 4. The second-order valence-electron chi connectivity index (χ2n) is 6.95. The molecule has 2 aliphatic rings. The van der Waals surface area contributed by atoms with Gasteiger partial charge in [0, 0.05) is 51.6 Å². The van der Waals surface area contributed by atoms with Crippen LogP contribution in [0.3, 0.4) is 0 Å². The van der Waals surface area contributed by atoms with Gasteiger partial charge in [0.2, 0.25) is 5.91 Å². The van der Waals surface area contributed by atoms with E-state index in [1.807, 2.05) is 15.7 Å². The Morgan fingerprint density at radius 2 is 2.04 bits per heavy atom. The Bertz CT molecular complexity index is 485. The average molecular weight is 334 g/mol. The van der Waals surface area contributed by atoms with E-state index in [4.69, 9.17) is 4.74 Å². The number of rotatable bonds is 6. The van der Waals surface area contributed by atoms with Crippen molar-refractivity contribution in [2.75, 3.05) is 39.3 Å². The molecule has 0 aliphatic carbocycles. The number of amides is 1. The third-order valence-electron chi connectivity index (χ3n) is 4.98. The Kier molecular flexibility index (Phi) is 6.66. The summed E-state index contributed by atoms with van der Waals surface area (Å²) in [6.07, 6.45) is 12.1. The smallest absolute Gasteiger partial charge is 0.222 e. The molecule has 6 heteroatoms. The molecule has 0 saturated carbocycles. The van der Waals surface area contributed by atoms with Crippen LogP contribution < -0.4 is 0 Å². The van der Waals surface area contributed by atoms with Gasteiger partial charge in [-0.1, -0.05) is 6.42 Å². The number of ether oxygens (including phenoxy) is 1. The minimum absolute atomic E-state index is 0.170. The maximum atomic E-state index is 12.5. The topological polar surface area (TPSA) is 50.6 Å². The maximum Gasteiger partial charge on any atom is 0.222 e. The minimum Gasteiger partial charge on any atom is -0.375 e. The van der Waals surface area contributed by atoms with Crippen molar-refractivity contribution in [3.05, 3.63) is 18.7 Å². The van der Waals surface area contributed by atoms with Gasteiger partial charge in [-0.15, -0.1) is 0 Å². The molecule has 1 amide bonds. The van der Waals surface area contributed by atoms with E-state index in [1.165, 1.54) is 32.4 Å². The van der Waals surface area contributed by atoms with Gasteiger partial charge >= 0.3 is 0 Å². The second-order valence-corrected chi connectivity index (χ2v) is 6.95. The molecular formula is C18H30N4O2. The number of likely N-dealkylation sites (tertiary alicyclic amines) is 1. The van der Waals surface area contributed by atoms with Crippen LogP contribution in [0.1, 0.15) is 38.5 Å². The molecule has 3 heterocycles. The molecule has 0 aromatic carbocycles. The van der Waals surface area contributed by atoms with E-state index in [2.05, 4.69) is 9.88 Å². The number of hydrogen-bond donors (Lipinski definition) is 0. The SMILES string of the molecule is O=C(CCCn1ccnc1)N1CCCO[C@H](CN2CCCCC2)C1. The first-order valence-corrected chi connectivity index (χ1v) is 9.39. The van der Waals surface area contributed by atoms with E-state index in [0.29, 0.717) is 6.42 Å². The van der Waals surface area contributed by atoms with Crippen LogP contribution in [0.4, 0.5) is 0 Å². The Hall–Kier alpha value is -1.40. The van der Waals surface area contributed by atoms with E-state index in [-0.39, 0.29) is 12.0 Å². The van der Waals surface area contributed by atoms with Gasteiger partial charge in [0.1, 0.15) is 0 Å². The summed E-state index contributed by atoms with van der Waals surface area (Å²) < 4.78 is 8.03.